The van der Waals surface area contributed by atoms with Crippen LogP contribution in [0.2, 0.25) is 0 Å². The molecular formula is C16H11Br2NO. The predicted octanol–water partition coefficient (Wildman–Crippen LogP) is 5.86. The van der Waals surface area contributed by atoms with Gasteiger partial charge in [-0.1, -0.05) is 30.3 Å². The van der Waals surface area contributed by atoms with E-state index in [1.165, 1.54) is 5.39 Å². The van der Waals surface area contributed by atoms with Crippen LogP contribution in [0.1, 0.15) is 5.69 Å². The predicted molar refractivity (Wildman–Crippen MR) is 88.4 cm³/mol. The molecule has 0 fully saturated rings. The number of ether oxygens (including phenoxy) is 1. The summed E-state index contributed by atoms with van der Waals surface area (Å²) in [5, 5.41) is 2.30. The van der Waals surface area contributed by atoms with Gasteiger partial charge in [-0.3, -0.25) is 0 Å². The van der Waals surface area contributed by atoms with Crippen LogP contribution in [0, 0.1) is 6.92 Å². The molecule has 0 aliphatic heterocycles. The molecule has 0 aliphatic carbocycles. The number of hydrogen-bond donors (Lipinski definition) is 0. The maximum atomic E-state index is 5.87. The van der Waals surface area contributed by atoms with E-state index in [-0.39, 0.29) is 0 Å². The Morgan fingerprint density at radius 1 is 0.950 bits per heavy atom. The highest BCUT2D eigenvalue weighted by Crippen LogP contribution is 2.35. The highest BCUT2D eigenvalue weighted by molar-refractivity contribution is 9.11. The molecule has 0 spiro atoms. The molecule has 0 saturated carbocycles. The van der Waals surface area contributed by atoms with Gasteiger partial charge in [-0.05, 0) is 61.7 Å². The van der Waals surface area contributed by atoms with Crippen molar-refractivity contribution < 1.29 is 4.74 Å². The molecule has 0 radical (unpaired) electrons. The van der Waals surface area contributed by atoms with Gasteiger partial charge in [0.2, 0.25) is 5.88 Å². The molecule has 100 valence electrons. The molecule has 4 heteroatoms. The zero-order chi connectivity index (χ0) is 14.1. The minimum Gasteiger partial charge on any atom is -0.438 e. The van der Waals surface area contributed by atoms with Crippen molar-refractivity contribution in [3.05, 3.63) is 63.2 Å². The van der Waals surface area contributed by atoms with E-state index in [9.17, 15) is 0 Å². The van der Waals surface area contributed by atoms with Gasteiger partial charge in [0.05, 0.1) is 10.2 Å². The number of nitrogens with zero attached hydrogens (tertiary/aromatic N) is 1. The third-order valence-corrected chi connectivity index (χ3v) is 4.69. The lowest BCUT2D eigenvalue weighted by molar-refractivity contribution is 0.459. The number of benzene rings is 2. The van der Waals surface area contributed by atoms with Crippen LogP contribution >= 0.6 is 31.9 Å². The van der Waals surface area contributed by atoms with Crippen LogP contribution in [0.3, 0.4) is 0 Å². The molecule has 3 rings (SSSR count). The van der Waals surface area contributed by atoms with Crippen molar-refractivity contribution in [2.75, 3.05) is 0 Å². The SMILES string of the molecule is Cc1nc(Oc2ccc3ccccc3c2Br)ccc1Br. The summed E-state index contributed by atoms with van der Waals surface area (Å²) >= 11 is 7.04. The van der Waals surface area contributed by atoms with Crippen molar-refractivity contribution >= 4 is 42.6 Å². The molecule has 0 bridgehead atoms. The largest absolute Gasteiger partial charge is 0.438 e. The van der Waals surface area contributed by atoms with E-state index in [1.54, 1.807) is 0 Å². The van der Waals surface area contributed by atoms with Crippen LogP contribution in [-0.4, -0.2) is 4.98 Å². The van der Waals surface area contributed by atoms with Crippen LogP contribution in [-0.2, 0) is 0 Å². The van der Waals surface area contributed by atoms with Gasteiger partial charge in [0.15, 0.2) is 0 Å². The lowest BCUT2D eigenvalue weighted by Crippen LogP contribution is -1.91. The monoisotopic (exact) mass is 391 g/mol. The van der Waals surface area contributed by atoms with E-state index in [0.29, 0.717) is 5.88 Å². The first-order chi connectivity index (χ1) is 9.65. The van der Waals surface area contributed by atoms with Crippen LogP contribution < -0.4 is 4.74 Å². The second-order valence-corrected chi connectivity index (χ2v) is 6.06. The molecule has 0 amide bonds. The highest BCUT2D eigenvalue weighted by atomic mass is 79.9. The Kier molecular flexibility index (Phi) is 3.76. The molecule has 0 aliphatic rings. The number of halogens is 2. The molecule has 1 heterocycles. The highest BCUT2D eigenvalue weighted by Gasteiger charge is 2.08. The molecule has 0 N–H and O–H groups in total. The third-order valence-electron chi connectivity index (χ3n) is 3.04. The zero-order valence-electron chi connectivity index (χ0n) is 10.7. The van der Waals surface area contributed by atoms with Gasteiger partial charge in [0.1, 0.15) is 5.75 Å². The van der Waals surface area contributed by atoms with Gasteiger partial charge in [-0.2, -0.15) is 0 Å². The summed E-state index contributed by atoms with van der Waals surface area (Å²) < 4.78 is 7.79. The lowest BCUT2D eigenvalue weighted by Gasteiger charge is -2.10. The van der Waals surface area contributed by atoms with Gasteiger partial charge in [0.25, 0.3) is 0 Å². The van der Waals surface area contributed by atoms with Gasteiger partial charge < -0.3 is 4.74 Å². The number of pyridine rings is 1. The van der Waals surface area contributed by atoms with Crippen LogP contribution in [0.15, 0.2) is 57.5 Å². The van der Waals surface area contributed by atoms with Crippen LogP contribution in [0.25, 0.3) is 10.8 Å². The molecule has 0 atom stereocenters. The van der Waals surface area contributed by atoms with E-state index in [2.05, 4.69) is 49.0 Å². The average molecular weight is 393 g/mol. The number of fused-ring (bicyclic) bond motifs is 1. The average Bonchev–Trinajstić information content (AvgIpc) is 2.46. The minimum atomic E-state index is 0.585. The van der Waals surface area contributed by atoms with Gasteiger partial charge in [-0.25, -0.2) is 4.98 Å². The Labute approximate surface area is 134 Å². The molecule has 0 unspecified atom stereocenters. The minimum absolute atomic E-state index is 0.585. The fourth-order valence-electron chi connectivity index (χ4n) is 1.98. The van der Waals surface area contributed by atoms with Crippen LogP contribution in [0.5, 0.6) is 11.6 Å². The molecule has 3 aromatic rings. The molecular weight excluding hydrogens is 382 g/mol. The normalized spacial score (nSPS) is 10.8. The number of aryl methyl sites for hydroxylation is 1. The Morgan fingerprint density at radius 2 is 1.75 bits per heavy atom. The maximum Gasteiger partial charge on any atom is 0.219 e. The maximum absolute atomic E-state index is 5.87. The number of rotatable bonds is 2. The van der Waals surface area contributed by atoms with E-state index in [4.69, 9.17) is 4.74 Å². The summed E-state index contributed by atoms with van der Waals surface area (Å²) in [6.07, 6.45) is 0. The quantitative estimate of drug-likeness (QED) is 0.544. The molecule has 2 aromatic carbocycles. The van der Waals surface area contributed by atoms with E-state index in [1.807, 2.05) is 43.3 Å². The summed E-state index contributed by atoms with van der Waals surface area (Å²) in [5.74, 6) is 1.35. The first-order valence-corrected chi connectivity index (χ1v) is 7.72. The summed E-state index contributed by atoms with van der Waals surface area (Å²) in [6.45, 7) is 1.94. The Balaban J connectivity index is 2.02. The fourth-order valence-corrected chi connectivity index (χ4v) is 2.78. The van der Waals surface area contributed by atoms with Gasteiger partial charge in [-0.15, -0.1) is 0 Å². The van der Waals surface area contributed by atoms with Crippen molar-refractivity contribution in [1.29, 1.82) is 0 Å². The Hall–Kier alpha value is -1.39. The lowest BCUT2D eigenvalue weighted by atomic mass is 10.1. The third kappa shape index (κ3) is 2.58. The van der Waals surface area contributed by atoms with Crippen molar-refractivity contribution in [2.24, 2.45) is 0 Å². The summed E-state index contributed by atoms with van der Waals surface area (Å²) in [7, 11) is 0. The van der Waals surface area contributed by atoms with Crippen molar-refractivity contribution in [1.82, 2.24) is 4.98 Å². The van der Waals surface area contributed by atoms with Crippen LogP contribution in [0.4, 0.5) is 0 Å². The second-order valence-electron chi connectivity index (χ2n) is 4.42. The van der Waals surface area contributed by atoms with Gasteiger partial charge in [0, 0.05) is 10.5 Å². The number of hydrogen-bond acceptors (Lipinski definition) is 2. The van der Waals surface area contributed by atoms with E-state index in [0.717, 1.165) is 25.8 Å². The zero-order valence-corrected chi connectivity index (χ0v) is 13.9. The molecule has 1 aromatic heterocycles. The smallest absolute Gasteiger partial charge is 0.219 e. The number of aromatic nitrogens is 1. The first-order valence-electron chi connectivity index (χ1n) is 6.13. The van der Waals surface area contributed by atoms with Crippen molar-refractivity contribution in [2.45, 2.75) is 6.92 Å². The topological polar surface area (TPSA) is 22.1 Å². The second kappa shape index (κ2) is 5.54. The Morgan fingerprint density at radius 3 is 2.55 bits per heavy atom. The van der Waals surface area contributed by atoms with Crippen molar-refractivity contribution in [3.8, 4) is 11.6 Å². The fraction of sp³-hybridized carbons (Fsp3) is 0.0625. The summed E-state index contributed by atoms with van der Waals surface area (Å²) in [5.41, 5.74) is 0.902. The Bertz CT molecular complexity index is 787. The van der Waals surface area contributed by atoms with Gasteiger partial charge >= 0.3 is 0 Å². The summed E-state index contributed by atoms with van der Waals surface area (Å²) in [6, 6.07) is 15.9. The summed E-state index contributed by atoms with van der Waals surface area (Å²) in [4.78, 5) is 4.40. The molecule has 0 saturated heterocycles. The standard InChI is InChI=1S/C16H11Br2NO/c1-10-13(17)7-9-15(19-10)20-14-8-6-11-4-2-3-5-12(11)16(14)18/h2-9H,1H3. The molecule has 2 nitrogen and oxygen atoms in total. The first kappa shape index (κ1) is 13.6. The molecule has 20 heavy (non-hydrogen) atoms. The van der Waals surface area contributed by atoms with E-state index >= 15 is 0 Å². The van der Waals surface area contributed by atoms with E-state index < -0.39 is 0 Å². The van der Waals surface area contributed by atoms with Crippen molar-refractivity contribution in [3.63, 3.8) is 0 Å².